The van der Waals surface area contributed by atoms with E-state index in [1.165, 1.54) is 0 Å². The van der Waals surface area contributed by atoms with Crippen LogP contribution in [0, 0.1) is 5.92 Å². The van der Waals surface area contributed by atoms with Crippen molar-refractivity contribution < 1.29 is 9.59 Å². The van der Waals surface area contributed by atoms with E-state index in [-0.39, 0.29) is 17.7 Å². The predicted octanol–water partition coefficient (Wildman–Crippen LogP) is 3.05. The minimum atomic E-state index is -0.442. The summed E-state index contributed by atoms with van der Waals surface area (Å²) >= 11 is 0. The number of benzene rings is 1. The zero-order valence-electron chi connectivity index (χ0n) is 14.4. The molecule has 1 aliphatic carbocycles. The highest BCUT2D eigenvalue weighted by Gasteiger charge is 2.37. The lowest BCUT2D eigenvalue weighted by Crippen LogP contribution is -2.51. The molecule has 2 aliphatic rings. The zero-order chi connectivity index (χ0) is 17.2. The number of carbonyl (C=O) groups excluding carboxylic acids is 2. The van der Waals surface area contributed by atoms with E-state index in [9.17, 15) is 9.59 Å². The normalized spacial score (nSPS) is 27.8. The van der Waals surface area contributed by atoms with Crippen molar-refractivity contribution in [2.75, 3.05) is 16.8 Å². The molecule has 0 bridgehead atoms. The van der Waals surface area contributed by atoms with Crippen molar-refractivity contribution in [3.8, 4) is 0 Å². The molecule has 1 saturated carbocycles. The van der Waals surface area contributed by atoms with Crippen LogP contribution in [0.3, 0.4) is 0 Å². The number of carbonyl (C=O) groups is 2. The lowest BCUT2D eigenvalue weighted by Gasteiger charge is -2.37. The van der Waals surface area contributed by atoms with Crippen LogP contribution in [0.15, 0.2) is 24.3 Å². The van der Waals surface area contributed by atoms with E-state index in [1.807, 2.05) is 36.1 Å². The van der Waals surface area contributed by atoms with Gasteiger partial charge in [-0.25, -0.2) is 0 Å². The number of hydrogen-bond acceptors (Lipinski definition) is 3. The maximum atomic E-state index is 12.7. The average Bonchev–Trinajstić information content (AvgIpc) is 2.55. The van der Waals surface area contributed by atoms with E-state index in [0.717, 1.165) is 56.4 Å². The number of hydrogen-bond donors (Lipinski definition) is 2. The SMILES string of the molecule is CC1(N)CCCCC1C(=O)Nc1cccc(N2CCCCC2=O)c1. The quantitative estimate of drug-likeness (QED) is 0.895. The Labute approximate surface area is 143 Å². The number of nitrogens with one attached hydrogen (secondary N) is 1. The van der Waals surface area contributed by atoms with Crippen molar-refractivity contribution in [3.63, 3.8) is 0 Å². The van der Waals surface area contributed by atoms with Gasteiger partial charge in [-0.15, -0.1) is 0 Å². The van der Waals surface area contributed by atoms with Gasteiger partial charge >= 0.3 is 0 Å². The van der Waals surface area contributed by atoms with Gasteiger partial charge in [0.1, 0.15) is 0 Å². The summed E-state index contributed by atoms with van der Waals surface area (Å²) in [5.74, 6) is -0.0140. The third kappa shape index (κ3) is 3.61. The first-order valence-electron chi connectivity index (χ1n) is 8.97. The molecule has 0 aromatic heterocycles. The van der Waals surface area contributed by atoms with Gasteiger partial charge in [-0.3, -0.25) is 9.59 Å². The topological polar surface area (TPSA) is 75.4 Å². The molecular weight excluding hydrogens is 302 g/mol. The third-order valence-corrected chi connectivity index (χ3v) is 5.32. The van der Waals surface area contributed by atoms with E-state index >= 15 is 0 Å². The molecule has 24 heavy (non-hydrogen) atoms. The van der Waals surface area contributed by atoms with Crippen LogP contribution in [-0.4, -0.2) is 23.9 Å². The minimum Gasteiger partial charge on any atom is -0.326 e. The molecule has 5 nitrogen and oxygen atoms in total. The molecular formula is C19H27N3O2. The Kier molecular flexibility index (Phi) is 4.90. The molecule has 1 heterocycles. The Morgan fingerprint density at radius 1 is 1.29 bits per heavy atom. The van der Waals surface area contributed by atoms with E-state index in [0.29, 0.717) is 6.42 Å². The molecule has 1 aromatic carbocycles. The molecule has 0 radical (unpaired) electrons. The van der Waals surface area contributed by atoms with Crippen LogP contribution in [0.5, 0.6) is 0 Å². The van der Waals surface area contributed by atoms with Crippen LogP contribution in [0.2, 0.25) is 0 Å². The molecule has 2 fully saturated rings. The Morgan fingerprint density at radius 3 is 2.88 bits per heavy atom. The van der Waals surface area contributed by atoms with Gasteiger partial charge < -0.3 is 16.0 Å². The lowest BCUT2D eigenvalue weighted by molar-refractivity contribution is -0.123. The molecule has 0 spiro atoms. The third-order valence-electron chi connectivity index (χ3n) is 5.32. The summed E-state index contributed by atoms with van der Waals surface area (Å²) in [7, 11) is 0. The number of anilines is 2. The van der Waals surface area contributed by atoms with Gasteiger partial charge in [-0.05, 0) is 50.8 Å². The highest BCUT2D eigenvalue weighted by Crippen LogP contribution is 2.33. The zero-order valence-corrected chi connectivity index (χ0v) is 14.4. The van der Waals surface area contributed by atoms with Gasteiger partial charge in [0.25, 0.3) is 0 Å². The Morgan fingerprint density at radius 2 is 2.12 bits per heavy atom. The molecule has 1 aromatic rings. The van der Waals surface area contributed by atoms with E-state index < -0.39 is 5.54 Å². The lowest BCUT2D eigenvalue weighted by atomic mass is 9.74. The maximum Gasteiger partial charge on any atom is 0.229 e. The number of amides is 2. The van der Waals surface area contributed by atoms with Gasteiger partial charge in [0.2, 0.25) is 11.8 Å². The van der Waals surface area contributed by atoms with Gasteiger partial charge in [0, 0.05) is 29.9 Å². The van der Waals surface area contributed by atoms with Crippen molar-refractivity contribution >= 4 is 23.2 Å². The maximum absolute atomic E-state index is 12.7. The molecule has 5 heteroatoms. The van der Waals surface area contributed by atoms with Crippen molar-refractivity contribution in [1.82, 2.24) is 0 Å². The summed E-state index contributed by atoms with van der Waals surface area (Å²) in [6, 6.07) is 7.56. The second kappa shape index (κ2) is 6.93. The molecule has 2 amide bonds. The van der Waals surface area contributed by atoms with Gasteiger partial charge in [0.05, 0.1) is 5.92 Å². The summed E-state index contributed by atoms with van der Waals surface area (Å²) in [4.78, 5) is 26.6. The monoisotopic (exact) mass is 329 g/mol. The first-order chi connectivity index (χ1) is 11.5. The van der Waals surface area contributed by atoms with Crippen molar-refractivity contribution in [2.45, 2.75) is 57.4 Å². The summed E-state index contributed by atoms with van der Waals surface area (Å²) in [5.41, 5.74) is 7.48. The largest absolute Gasteiger partial charge is 0.326 e. The second-order valence-electron chi connectivity index (χ2n) is 7.35. The van der Waals surface area contributed by atoms with Crippen LogP contribution >= 0.6 is 0 Å². The summed E-state index contributed by atoms with van der Waals surface area (Å²) in [6.07, 6.45) is 6.44. The molecule has 1 saturated heterocycles. The first kappa shape index (κ1) is 17.0. The van der Waals surface area contributed by atoms with Gasteiger partial charge in [0.15, 0.2) is 0 Å². The minimum absolute atomic E-state index is 0.0122. The van der Waals surface area contributed by atoms with Crippen LogP contribution in [0.4, 0.5) is 11.4 Å². The molecule has 2 atom stereocenters. The number of nitrogens with two attached hydrogens (primary N) is 1. The van der Waals surface area contributed by atoms with E-state index in [1.54, 1.807) is 0 Å². The fourth-order valence-corrected chi connectivity index (χ4v) is 3.85. The van der Waals surface area contributed by atoms with Crippen LogP contribution in [0.1, 0.15) is 51.9 Å². The first-order valence-corrected chi connectivity index (χ1v) is 8.97. The summed E-state index contributed by atoms with van der Waals surface area (Å²) in [6.45, 7) is 2.72. The molecule has 2 unspecified atom stereocenters. The molecule has 1 aliphatic heterocycles. The fourth-order valence-electron chi connectivity index (χ4n) is 3.85. The summed E-state index contributed by atoms with van der Waals surface area (Å²) in [5, 5.41) is 3.00. The van der Waals surface area contributed by atoms with Crippen molar-refractivity contribution in [2.24, 2.45) is 11.7 Å². The second-order valence-corrected chi connectivity index (χ2v) is 7.35. The Bertz CT molecular complexity index is 627. The standard InChI is InChI=1S/C19H27N3O2/c1-19(20)11-4-2-9-16(19)18(24)21-14-7-6-8-15(13-14)22-12-5-3-10-17(22)23/h6-8,13,16H,2-5,9-12,20H2,1H3,(H,21,24). The van der Waals surface area contributed by atoms with Gasteiger partial charge in [-0.1, -0.05) is 18.9 Å². The summed E-state index contributed by atoms with van der Waals surface area (Å²) < 4.78 is 0. The molecule has 3 N–H and O–H groups in total. The highest BCUT2D eigenvalue weighted by molar-refractivity contribution is 5.97. The van der Waals surface area contributed by atoms with E-state index in [4.69, 9.17) is 5.73 Å². The fraction of sp³-hybridized carbons (Fsp3) is 0.579. The average molecular weight is 329 g/mol. The molecule has 3 rings (SSSR count). The molecule has 130 valence electrons. The Balaban J connectivity index is 1.72. The smallest absolute Gasteiger partial charge is 0.229 e. The van der Waals surface area contributed by atoms with Crippen LogP contribution < -0.4 is 16.0 Å². The van der Waals surface area contributed by atoms with Gasteiger partial charge in [-0.2, -0.15) is 0 Å². The van der Waals surface area contributed by atoms with Crippen LogP contribution in [0.25, 0.3) is 0 Å². The number of piperidine rings is 1. The van der Waals surface area contributed by atoms with Crippen molar-refractivity contribution in [1.29, 1.82) is 0 Å². The van der Waals surface area contributed by atoms with Crippen molar-refractivity contribution in [3.05, 3.63) is 24.3 Å². The Hall–Kier alpha value is -1.88. The van der Waals surface area contributed by atoms with Crippen LogP contribution in [-0.2, 0) is 9.59 Å². The predicted molar refractivity (Wildman–Crippen MR) is 95.8 cm³/mol. The number of rotatable bonds is 3. The van der Waals surface area contributed by atoms with E-state index in [2.05, 4.69) is 5.32 Å². The number of nitrogens with zero attached hydrogens (tertiary/aromatic N) is 1. The highest BCUT2D eigenvalue weighted by atomic mass is 16.2.